The highest BCUT2D eigenvalue weighted by Crippen LogP contribution is 2.18. The van der Waals surface area contributed by atoms with Gasteiger partial charge in [-0.05, 0) is 27.2 Å². The zero-order valence-electron chi connectivity index (χ0n) is 11.9. The van der Waals surface area contributed by atoms with Gasteiger partial charge in [0.05, 0.1) is 5.60 Å². The highest BCUT2D eigenvalue weighted by atomic mass is 16.5. The number of methoxy groups -OCH3 is 1. The van der Waals surface area contributed by atoms with Crippen LogP contribution in [0.1, 0.15) is 40.5 Å². The quantitative estimate of drug-likeness (QED) is 0.796. The van der Waals surface area contributed by atoms with Crippen LogP contribution in [0.15, 0.2) is 0 Å². The molecule has 1 saturated heterocycles. The van der Waals surface area contributed by atoms with Crippen molar-refractivity contribution in [3.05, 3.63) is 0 Å². The number of carbonyl (C=O) groups excluding carboxylic acids is 2. The van der Waals surface area contributed by atoms with Crippen LogP contribution >= 0.6 is 0 Å². The van der Waals surface area contributed by atoms with E-state index in [9.17, 15) is 9.59 Å². The minimum atomic E-state index is -0.446. The van der Waals surface area contributed by atoms with Crippen molar-refractivity contribution in [2.24, 2.45) is 0 Å². The summed E-state index contributed by atoms with van der Waals surface area (Å²) >= 11 is 0. The summed E-state index contributed by atoms with van der Waals surface area (Å²) in [6.45, 7) is 8.00. The molecule has 1 aliphatic heterocycles. The number of rotatable bonds is 5. The number of carbonyl (C=O) groups is 2. The van der Waals surface area contributed by atoms with Crippen molar-refractivity contribution in [2.45, 2.75) is 58.2 Å². The number of hydrogen-bond acceptors (Lipinski definition) is 3. The van der Waals surface area contributed by atoms with E-state index in [1.807, 2.05) is 20.8 Å². The first kappa shape index (κ1) is 15.0. The molecule has 0 bridgehead atoms. The molecule has 0 aliphatic carbocycles. The van der Waals surface area contributed by atoms with Crippen molar-refractivity contribution < 1.29 is 14.3 Å². The molecule has 2 unspecified atom stereocenters. The Hall–Kier alpha value is -1.10. The summed E-state index contributed by atoms with van der Waals surface area (Å²) in [5.74, 6) is -0.0889. The molecule has 1 rings (SSSR count). The first-order valence-corrected chi connectivity index (χ1v) is 6.48. The Morgan fingerprint density at radius 1 is 1.39 bits per heavy atom. The molecule has 0 aromatic heterocycles. The Bertz CT molecular complexity index is 328. The van der Waals surface area contributed by atoms with Crippen LogP contribution in [-0.4, -0.2) is 48.1 Å². The van der Waals surface area contributed by atoms with Crippen molar-refractivity contribution >= 4 is 11.8 Å². The van der Waals surface area contributed by atoms with Crippen LogP contribution in [0.5, 0.6) is 0 Å². The number of hydrogen-bond donors (Lipinski definition) is 1. The van der Waals surface area contributed by atoms with E-state index in [0.29, 0.717) is 13.0 Å². The van der Waals surface area contributed by atoms with Crippen molar-refractivity contribution in [2.75, 3.05) is 13.7 Å². The molecule has 5 nitrogen and oxygen atoms in total. The van der Waals surface area contributed by atoms with E-state index in [1.54, 1.807) is 18.9 Å². The fourth-order valence-corrected chi connectivity index (χ4v) is 2.06. The molecule has 2 amide bonds. The third kappa shape index (κ3) is 3.22. The van der Waals surface area contributed by atoms with Gasteiger partial charge in [0.15, 0.2) is 0 Å². The fraction of sp³-hybridized carbons (Fsp3) is 0.846. The second-order valence-electron chi connectivity index (χ2n) is 5.46. The van der Waals surface area contributed by atoms with Gasteiger partial charge in [0.2, 0.25) is 11.8 Å². The van der Waals surface area contributed by atoms with Crippen LogP contribution in [0.4, 0.5) is 0 Å². The smallest absolute Gasteiger partial charge is 0.245 e. The molecule has 0 radical (unpaired) electrons. The Morgan fingerprint density at radius 2 is 2.00 bits per heavy atom. The van der Waals surface area contributed by atoms with Gasteiger partial charge in [-0.1, -0.05) is 13.3 Å². The summed E-state index contributed by atoms with van der Waals surface area (Å²) in [7, 11) is 1.61. The third-order valence-electron chi connectivity index (χ3n) is 3.43. The number of piperazine rings is 1. The maximum Gasteiger partial charge on any atom is 0.245 e. The molecule has 1 heterocycles. The molecule has 0 spiro atoms. The predicted octanol–water partition coefficient (Wildman–Crippen LogP) is 0.927. The van der Waals surface area contributed by atoms with Gasteiger partial charge in [0.1, 0.15) is 12.1 Å². The van der Waals surface area contributed by atoms with E-state index < -0.39 is 11.6 Å². The van der Waals surface area contributed by atoms with Crippen molar-refractivity contribution in [3.8, 4) is 0 Å². The van der Waals surface area contributed by atoms with Crippen molar-refractivity contribution in [1.29, 1.82) is 0 Å². The lowest BCUT2D eigenvalue weighted by Crippen LogP contribution is -2.64. The van der Waals surface area contributed by atoms with Gasteiger partial charge in [0.25, 0.3) is 0 Å². The van der Waals surface area contributed by atoms with Crippen LogP contribution in [0, 0.1) is 0 Å². The molecule has 5 heteroatoms. The second-order valence-corrected chi connectivity index (χ2v) is 5.46. The second kappa shape index (κ2) is 5.69. The summed E-state index contributed by atoms with van der Waals surface area (Å²) in [5.41, 5.74) is -0.446. The normalized spacial score (nSPS) is 25.3. The topological polar surface area (TPSA) is 58.6 Å². The van der Waals surface area contributed by atoms with Gasteiger partial charge >= 0.3 is 0 Å². The van der Waals surface area contributed by atoms with Crippen LogP contribution < -0.4 is 5.32 Å². The van der Waals surface area contributed by atoms with E-state index in [4.69, 9.17) is 4.74 Å². The highest BCUT2D eigenvalue weighted by Gasteiger charge is 2.39. The largest absolute Gasteiger partial charge is 0.377 e. The molecule has 104 valence electrons. The summed E-state index contributed by atoms with van der Waals surface area (Å²) < 4.78 is 5.34. The van der Waals surface area contributed by atoms with E-state index in [2.05, 4.69) is 5.32 Å². The van der Waals surface area contributed by atoms with E-state index in [1.165, 1.54) is 0 Å². The molecule has 1 aliphatic rings. The lowest BCUT2D eigenvalue weighted by atomic mass is 10.0. The van der Waals surface area contributed by atoms with E-state index in [-0.39, 0.29) is 17.9 Å². The molecule has 0 aromatic carbocycles. The molecule has 0 aromatic rings. The van der Waals surface area contributed by atoms with E-state index >= 15 is 0 Å². The Balaban J connectivity index is 2.85. The van der Waals surface area contributed by atoms with Crippen LogP contribution in [0.3, 0.4) is 0 Å². The first-order valence-electron chi connectivity index (χ1n) is 6.48. The van der Waals surface area contributed by atoms with Crippen LogP contribution in [0.2, 0.25) is 0 Å². The molecule has 18 heavy (non-hydrogen) atoms. The summed E-state index contributed by atoms with van der Waals surface area (Å²) in [5, 5.41) is 2.78. The van der Waals surface area contributed by atoms with Gasteiger partial charge in [-0.25, -0.2) is 0 Å². The fourth-order valence-electron chi connectivity index (χ4n) is 2.06. The third-order valence-corrected chi connectivity index (χ3v) is 3.43. The molecular weight excluding hydrogens is 232 g/mol. The average molecular weight is 256 g/mol. The van der Waals surface area contributed by atoms with Crippen molar-refractivity contribution in [1.82, 2.24) is 10.2 Å². The van der Waals surface area contributed by atoms with Gasteiger partial charge in [-0.3, -0.25) is 9.59 Å². The van der Waals surface area contributed by atoms with Crippen LogP contribution in [0.25, 0.3) is 0 Å². The Kier molecular flexibility index (Phi) is 4.73. The van der Waals surface area contributed by atoms with Gasteiger partial charge in [-0.2, -0.15) is 0 Å². The number of amides is 2. The molecule has 1 N–H and O–H groups in total. The summed E-state index contributed by atoms with van der Waals surface area (Å²) in [6, 6.07) is -0.814. The maximum atomic E-state index is 12.3. The van der Waals surface area contributed by atoms with Gasteiger partial charge in [0, 0.05) is 13.7 Å². The Morgan fingerprint density at radius 3 is 2.50 bits per heavy atom. The minimum absolute atomic E-state index is 0.00549. The number of ether oxygens (including phenoxy) is 1. The summed E-state index contributed by atoms with van der Waals surface area (Å²) in [4.78, 5) is 25.8. The van der Waals surface area contributed by atoms with Gasteiger partial charge < -0.3 is 15.0 Å². The maximum absolute atomic E-state index is 12.3. The Labute approximate surface area is 109 Å². The molecule has 1 fully saturated rings. The molecule has 2 atom stereocenters. The number of nitrogens with one attached hydrogen (secondary N) is 1. The lowest BCUT2D eigenvalue weighted by Gasteiger charge is -2.41. The lowest BCUT2D eigenvalue weighted by molar-refractivity contribution is -0.152. The van der Waals surface area contributed by atoms with Gasteiger partial charge in [-0.15, -0.1) is 0 Å². The average Bonchev–Trinajstić information content (AvgIpc) is 2.32. The molecular formula is C13H24N2O3. The summed E-state index contributed by atoms with van der Waals surface area (Å²) in [6.07, 6.45) is 1.55. The number of nitrogens with zero attached hydrogens (tertiary/aromatic N) is 1. The van der Waals surface area contributed by atoms with Crippen molar-refractivity contribution in [3.63, 3.8) is 0 Å². The van der Waals surface area contributed by atoms with E-state index in [0.717, 1.165) is 6.42 Å². The monoisotopic (exact) mass is 256 g/mol. The van der Waals surface area contributed by atoms with Crippen LogP contribution in [-0.2, 0) is 14.3 Å². The predicted molar refractivity (Wildman–Crippen MR) is 69.1 cm³/mol. The molecule has 0 saturated carbocycles. The minimum Gasteiger partial charge on any atom is -0.377 e. The zero-order chi connectivity index (χ0) is 13.9. The highest BCUT2D eigenvalue weighted by molar-refractivity contribution is 5.96. The standard InChI is InChI=1S/C13H24N2O3/c1-6-7-10-12(17)15(8-13(3,4)18-5)9(2)11(16)14-10/h9-10H,6-8H2,1-5H3,(H,14,16). The zero-order valence-corrected chi connectivity index (χ0v) is 11.9. The SMILES string of the molecule is CCCC1NC(=O)C(C)N(CC(C)(C)OC)C1=O. The first-order chi connectivity index (χ1) is 8.32.